The number of alkyl halides is 3. The molecule has 0 unspecified atom stereocenters. The molecule has 23 heavy (non-hydrogen) atoms. The monoisotopic (exact) mass is 322 g/mol. The van der Waals surface area contributed by atoms with Crippen LogP contribution in [0.4, 0.5) is 19.0 Å². The van der Waals surface area contributed by atoms with Crippen LogP contribution in [0.1, 0.15) is 12.8 Å². The molecule has 2 aromatic rings. The lowest BCUT2D eigenvalue weighted by molar-refractivity contribution is -0.274. The van der Waals surface area contributed by atoms with Crippen LogP contribution in [0.5, 0.6) is 5.75 Å². The summed E-state index contributed by atoms with van der Waals surface area (Å²) in [5.74, 6) is 0.162. The largest absolute Gasteiger partial charge is 0.573 e. The number of ether oxygens (including phenoxy) is 1. The highest BCUT2D eigenvalue weighted by atomic mass is 19.4. The Morgan fingerprint density at radius 2 is 1.83 bits per heavy atom. The van der Waals surface area contributed by atoms with Crippen LogP contribution in [0, 0.1) is 5.92 Å². The highest BCUT2D eigenvalue weighted by molar-refractivity contribution is 5.93. The van der Waals surface area contributed by atoms with Gasteiger partial charge in [0.15, 0.2) is 0 Å². The molecule has 1 amide bonds. The Bertz CT molecular complexity index is 710. The Labute approximate surface area is 130 Å². The van der Waals surface area contributed by atoms with Gasteiger partial charge in [-0.25, -0.2) is 4.98 Å². The highest BCUT2D eigenvalue weighted by Gasteiger charge is 2.31. The van der Waals surface area contributed by atoms with Crippen molar-refractivity contribution >= 4 is 11.7 Å². The molecule has 1 aliphatic carbocycles. The lowest BCUT2D eigenvalue weighted by atomic mass is 10.1. The molecular formula is C16H13F3N2O2. The van der Waals surface area contributed by atoms with Crippen molar-refractivity contribution < 1.29 is 22.7 Å². The van der Waals surface area contributed by atoms with E-state index in [2.05, 4.69) is 15.0 Å². The third-order valence-corrected chi connectivity index (χ3v) is 3.38. The minimum Gasteiger partial charge on any atom is -0.406 e. The first-order valence-corrected chi connectivity index (χ1v) is 7.04. The lowest BCUT2D eigenvalue weighted by Gasteiger charge is -2.10. The third kappa shape index (κ3) is 4.21. The van der Waals surface area contributed by atoms with E-state index in [4.69, 9.17) is 0 Å². The molecule has 7 heteroatoms. The summed E-state index contributed by atoms with van der Waals surface area (Å²) in [6.07, 6.45) is -1.38. The Balaban J connectivity index is 1.74. The quantitative estimate of drug-likeness (QED) is 0.926. The molecule has 0 radical (unpaired) electrons. The molecule has 4 nitrogen and oxygen atoms in total. The van der Waals surface area contributed by atoms with Gasteiger partial charge in [-0.1, -0.05) is 12.1 Å². The minimum absolute atomic E-state index is 0.0522. The lowest BCUT2D eigenvalue weighted by Crippen LogP contribution is -2.16. The number of amides is 1. The number of carbonyl (C=O) groups is 1. The van der Waals surface area contributed by atoms with Crippen molar-refractivity contribution in [1.29, 1.82) is 0 Å². The number of carbonyl (C=O) groups excluding carboxylic acids is 1. The Hall–Kier alpha value is -2.57. The van der Waals surface area contributed by atoms with E-state index >= 15 is 0 Å². The molecule has 1 aromatic carbocycles. The van der Waals surface area contributed by atoms with Crippen LogP contribution in [-0.4, -0.2) is 17.3 Å². The summed E-state index contributed by atoms with van der Waals surface area (Å²) < 4.78 is 40.2. The summed E-state index contributed by atoms with van der Waals surface area (Å²) in [4.78, 5) is 15.8. The highest BCUT2D eigenvalue weighted by Crippen LogP contribution is 2.31. The number of hydrogen-bond acceptors (Lipinski definition) is 3. The van der Waals surface area contributed by atoms with Crippen LogP contribution in [0.15, 0.2) is 42.6 Å². The maximum absolute atomic E-state index is 12.1. The molecule has 0 saturated heterocycles. The fraction of sp³-hybridized carbons (Fsp3) is 0.250. The van der Waals surface area contributed by atoms with Crippen molar-refractivity contribution in [2.45, 2.75) is 19.2 Å². The summed E-state index contributed by atoms with van der Waals surface area (Å²) in [6, 6.07) is 8.91. The van der Waals surface area contributed by atoms with Crippen LogP contribution in [0.25, 0.3) is 11.1 Å². The van der Waals surface area contributed by atoms with Gasteiger partial charge in [-0.05, 0) is 48.2 Å². The second-order valence-electron chi connectivity index (χ2n) is 5.27. The number of anilines is 1. The van der Waals surface area contributed by atoms with Crippen molar-refractivity contribution in [1.82, 2.24) is 4.98 Å². The second kappa shape index (κ2) is 5.91. The van der Waals surface area contributed by atoms with E-state index in [1.807, 2.05) is 0 Å². The topological polar surface area (TPSA) is 51.2 Å². The molecule has 1 heterocycles. The number of aromatic nitrogens is 1. The van der Waals surface area contributed by atoms with Crippen molar-refractivity contribution in [3.05, 3.63) is 42.6 Å². The predicted octanol–water partition coefficient (Wildman–Crippen LogP) is 4.00. The maximum atomic E-state index is 12.1. The fourth-order valence-electron chi connectivity index (χ4n) is 2.10. The molecule has 0 spiro atoms. The Morgan fingerprint density at radius 3 is 2.43 bits per heavy atom. The molecule has 1 N–H and O–H groups in total. The van der Waals surface area contributed by atoms with Crippen LogP contribution >= 0.6 is 0 Å². The molecule has 1 fully saturated rings. The van der Waals surface area contributed by atoms with Crippen LogP contribution < -0.4 is 10.1 Å². The number of benzene rings is 1. The number of halogens is 3. The Morgan fingerprint density at radius 1 is 1.13 bits per heavy atom. The van der Waals surface area contributed by atoms with Crippen molar-refractivity contribution in [2.75, 3.05) is 5.32 Å². The van der Waals surface area contributed by atoms with Gasteiger partial charge in [0.05, 0.1) is 0 Å². The number of nitrogens with one attached hydrogen (secondary N) is 1. The molecule has 3 rings (SSSR count). The van der Waals surface area contributed by atoms with Crippen LogP contribution in [-0.2, 0) is 4.79 Å². The van der Waals surface area contributed by atoms with E-state index < -0.39 is 6.36 Å². The van der Waals surface area contributed by atoms with Crippen molar-refractivity contribution in [3.63, 3.8) is 0 Å². The first-order chi connectivity index (χ1) is 10.9. The standard InChI is InChI=1S/C16H13F3N2O2/c17-16(18,19)23-13-5-3-10(4-6-13)12-7-8-20-14(9-12)21-15(22)11-1-2-11/h3-9,11H,1-2H2,(H,20,21,22). The zero-order chi connectivity index (χ0) is 16.4. The van der Waals surface area contributed by atoms with Gasteiger partial charge in [0.2, 0.25) is 5.91 Å². The van der Waals surface area contributed by atoms with Gasteiger partial charge >= 0.3 is 6.36 Å². The molecule has 1 saturated carbocycles. The predicted molar refractivity (Wildman–Crippen MR) is 77.7 cm³/mol. The Kier molecular flexibility index (Phi) is 3.94. The molecule has 120 valence electrons. The van der Waals surface area contributed by atoms with Crippen LogP contribution in [0.3, 0.4) is 0 Å². The second-order valence-corrected chi connectivity index (χ2v) is 5.27. The van der Waals surface area contributed by atoms with Gasteiger partial charge in [0.25, 0.3) is 0 Å². The van der Waals surface area contributed by atoms with Crippen molar-refractivity contribution in [2.24, 2.45) is 5.92 Å². The van der Waals surface area contributed by atoms with Crippen LogP contribution in [0.2, 0.25) is 0 Å². The van der Waals surface area contributed by atoms with E-state index in [-0.39, 0.29) is 17.6 Å². The zero-order valence-electron chi connectivity index (χ0n) is 11.9. The van der Waals surface area contributed by atoms with Gasteiger partial charge in [-0.2, -0.15) is 0 Å². The van der Waals surface area contributed by atoms with E-state index in [0.717, 1.165) is 18.4 Å². The number of nitrogens with zero attached hydrogens (tertiary/aromatic N) is 1. The SMILES string of the molecule is O=C(Nc1cc(-c2ccc(OC(F)(F)F)cc2)ccn1)C1CC1. The maximum Gasteiger partial charge on any atom is 0.573 e. The smallest absolute Gasteiger partial charge is 0.406 e. The van der Waals surface area contributed by atoms with Crippen molar-refractivity contribution in [3.8, 4) is 16.9 Å². The molecular weight excluding hydrogens is 309 g/mol. The molecule has 1 aliphatic rings. The third-order valence-electron chi connectivity index (χ3n) is 3.38. The average molecular weight is 322 g/mol. The van der Waals surface area contributed by atoms with E-state index in [0.29, 0.717) is 11.4 Å². The summed E-state index contributed by atoms with van der Waals surface area (Å²) in [6.45, 7) is 0. The molecule has 0 aliphatic heterocycles. The van der Waals surface area contributed by atoms with E-state index in [1.165, 1.54) is 30.5 Å². The minimum atomic E-state index is -4.71. The zero-order valence-corrected chi connectivity index (χ0v) is 11.9. The van der Waals surface area contributed by atoms with Gasteiger partial charge in [-0.3, -0.25) is 4.79 Å². The van der Waals surface area contributed by atoms with E-state index in [1.54, 1.807) is 12.1 Å². The molecule has 0 atom stereocenters. The molecule has 0 bridgehead atoms. The number of rotatable bonds is 4. The first kappa shape index (κ1) is 15.3. The molecule has 1 aromatic heterocycles. The first-order valence-electron chi connectivity index (χ1n) is 7.04. The van der Waals surface area contributed by atoms with Gasteiger partial charge in [0.1, 0.15) is 11.6 Å². The summed E-state index contributed by atoms with van der Waals surface area (Å²) in [5.41, 5.74) is 1.44. The van der Waals surface area contributed by atoms with Gasteiger partial charge in [0, 0.05) is 12.1 Å². The van der Waals surface area contributed by atoms with E-state index in [9.17, 15) is 18.0 Å². The average Bonchev–Trinajstić information content (AvgIpc) is 3.31. The summed E-state index contributed by atoms with van der Waals surface area (Å²) in [5, 5.41) is 2.73. The summed E-state index contributed by atoms with van der Waals surface area (Å²) >= 11 is 0. The van der Waals surface area contributed by atoms with Gasteiger partial charge in [-0.15, -0.1) is 13.2 Å². The fourth-order valence-corrected chi connectivity index (χ4v) is 2.10. The van der Waals surface area contributed by atoms with Gasteiger partial charge < -0.3 is 10.1 Å². The summed E-state index contributed by atoms with van der Waals surface area (Å²) in [7, 11) is 0. The number of hydrogen-bond donors (Lipinski definition) is 1. The normalized spacial score (nSPS) is 14.4. The number of pyridine rings is 1.